The molecule has 2 N–H and O–H groups in total. The lowest BCUT2D eigenvalue weighted by molar-refractivity contribution is -0.188. The molecule has 1 rings (SSSR count). The predicted octanol–water partition coefficient (Wildman–Crippen LogP) is 6.57. The first-order valence-corrected chi connectivity index (χ1v) is 16.3. The standard InChI is InChI=1S/C32H61NO6/c1-4-6-8-10-12-14-16-18-22-29(35)25-33(24-28(34)21-17-15-13-11-9-7-5-2)23-19-20-27(3)31-32(37)38-26-30(36)39-31/h27-29,31,34-35H,4-26H2,1-3H3. The number of hydrogen-bond donors (Lipinski definition) is 2. The number of ether oxygens (including phenoxy) is 2. The average Bonchev–Trinajstić information content (AvgIpc) is 2.90. The van der Waals surface area contributed by atoms with Crippen LogP contribution in [-0.2, 0) is 19.1 Å². The monoisotopic (exact) mass is 555 g/mol. The van der Waals surface area contributed by atoms with E-state index in [-0.39, 0.29) is 12.5 Å². The molecular weight excluding hydrogens is 494 g/mol. The number of carbonyl (C=O) groups is 2. The maximum Gasteiger partial charge on any atom is 0.348 e. The highest BCUT2D eigenvalue weighted by Crippen LogP contribution is 2.20. The fourth-order valence-electron chi connectivity index (χ4n) is 5.46. The van der Waals surface area contributed by atoms with Gasteiger partial charge in [-0.2, -0.15) is 0 Å². The van der Waals surface area contributed by atoms with Crippen LogP contribution >= 0.6 is 0 Å². The van der Waals surface area contributed by atoms with Crippen molar-refractivity contribution in [3.63, 3.8) is 0 Å². The number of rotatable bonds is 26. The number of nitrogens with zero attached hydrogens (tertiary/aromatic N) is 1. The molecule has 1 saturated heterocycles. The highest BCUT2D eigenvalue weighted by Gasteiger charge is 2.34. The van der Waals surface area contributed by atoms with Crippen LogP contribution in [0.1, 0.15) is 143 Å². The van der Waals surface area contributed by atoms with E-state index in [9.17, 15) is 19.8 Å². The quantitative estimate of drug-likeness (QED) is 0.0921. The first-order valence-electron chi connectivity index (χ1n) is 16.3. The molecule has 7 heteroatoms. The second-order valence-electron chi connectivity index (χ2n) is 11.9. The minimum absolute atomic E-state index is 0.136. The Morgan fingerprint density at radius 3 is 1.67 bits per heavy atom. The van der Waals surface area contributed by atoms with Crippen LogP contribution in [0.5, 0.6) is 0 Å². The van der Waals surface area contributed by atoms with Gasteiger partial charge in [0.1, 0.15) is 0 Å². The molecule has 4 atom stereocenters. The SMILES string of the molecule is CCCCCCCCCCC(O)CN(CCCC(C)C1OC(=O)COC1=O)CC(O)CCCCCCCCC. The molecule has 1 aliphatic heterocycles. The molecule has 39 heavy (non-hydrogen) atoms. The summed E-state index contributed by atoms with van der Waals surface area (Å²) < 4.78 is 10.1. The molecule has 1 fully saturated rings. The van der Waals surface area contributed by atoms with E-state index in [2.05, 4.69) is 18.7 Å². The van der Waals surface area contributed by atoms with Crippen LogP contribution in [0.3, 0.4) is 0 Å². The molecule has 0 spiro atoms. The zero-order chi connectivity index (χ0) is 28.7. The van der Waals surface area contributed by atoms with Gasteiger partial charge in [0.25, 0.3) is 0 Å². The molecule has 0 aromatic carbocycles. The van der Waals surface area contributed by atoms with E-state index in [0.29, 0.717) is 19.5 Å². The van der Waals surface area contributed by atoms with E-state index < -0.39 is 30.3 Å². The van der Waals surface area contributed by atoms with Gasteiger partial charge in [0, 0.05) is 19.0 Å². The summed E-state index contributed by atoms with van der Waals surface area (Å²) in [6, 6.07) is 0. The van der Waals surface area contributed by atoms with E-state index in [1.54, 1.807) is 0 Å². The molecule has 0 bridgehead atoms. The van der Waals surface area contributed by atoms with Gasteiger partial charge in [-0.05, 0) is 32.2 Å². The summed E-state index contributed by atoms with van der Waals surface area (Å²) in [6.45, 7) is 7.91. The second-order valence-corrected chi connectivity index (χ2v) is 11.9. The summed E-state index contributed by atoms with van der Waals surface area (Å²) >= 11 is 0. The number of aliphatic hydroxyl groups excluding tert-OH is 2. The van der Waals surface area contributed by atoms with Gasteiger partial charge in [-0.25, -0.2) is 9.59 Å². The van der Waals surface area contributed by atoms with Crippen LogP contribution < -0.4 is 0 Å². The highest BCUT2D eigenvalue weighted by atomic mass is 16.6. The van der Waals surface area contributed by atoms with E-state index in [0.717, 1.165) is 51.5 Å². The minimum atomic E-state index is -0.838. The van der Waals surface area contributed by atoms with Gasteiger partial charge in [-0.15, -0.1) is 0 Å². The molecule has 1 heterocycles. The first-order chi connectivity index (χ1) is 18.9. The lowest BCUT2D eigenvalue weighted by Crippen LogP contribution is -2.42. The largest absolute Gasteiger partial charge is 0.451 e. The van der Waals surface area contributed by atoms with Crippen molar-refractivity contribution in [2.45, 2.75) is 161 Å². The summed E-state index contributed by atoms with van der Waals surface area (Å²) in [5.74, 6) is -1.10. The van der Waals surface area contributed by atoms with Crippen molar-refractivity contribution in [3.05, 3.63) is 0 Å². The molecular formula is C32H61NO6. The first kappa shape index (κ1) is 35.8. The van der Waals surface area contributed by atoms with Crippen LogP contribution in [0.2, 0.25) is 0 Å². The highest BCUT2D eigenvalue weighted by molar-refractivity contribution is 5.85. The molecule has 7 nitrogen and oxygen atoms in total. The zero-order valence-corrected chi connectivity index (χ0v) is 25.5. The van der Waals surface area contributed by atoms with Gasteiger partial charge in [0.15, 0.2) is 6.61 Å². The summed E-state index contributed by atoms with van der Waals surface area (Å²) in [4.78, 5) is 25.7. The minimum Gasteiger partial charge on any atom is -0.451 e. The maximum absolute atomic E-state index is 12.0. The second kappa shape index (κ2) is 23.5. The van der Waals surface area contributed by atoms with Crippen molar-refractivity contribution in [1.29, 1.82) is 0 Å². The van der Waals surface area contributed by atoms with Gasteiger partial charge < -0.3 is 19.7 Å². The van der Waals surface area contributed by atoms with Crippen LogP contribution in [0.15, 0.2) is 0 Å². The Labute approximate surface area is 239 Å². The molecule has 0 aromatic rings. The molecule has 1 aliphatic rings. The van der Waals surface area contributed by atoms with E-state index in [4.69, 9.17) is 9.47 Å². The Bertz CT molecular complexity index is 615. The van der Waals surface area contributed by atoms with Crippen molar-refractivity contribution in [2.75, 3.05) is 26.2 Å². The number of cyclic esters (lactones) is 2. The lowest BCUT2D eigenvalue weighted by atomic mass is 9.98. The number of aliphatic hydroxyl groups is 2. The fraction of sp³-hybridized carbons (Fsp3) is 0.938. The van der Waals surface area contributed by atoms with Crippen LogP contribution in [0.25, 0.3) is 0 Å². The summed E-state index contributed by atoms with van der Waals surface area (Å²) in [5.41, 5.74) is 0. The predicted molar refractivity (Wildman–Crippen MR) is 158 cm³/mol. The van der Waals surface area contributed by atoms with Gasteiger partial charge in [-0.1, -0.05) is 117 Å². The van der Waals surface area contributed by atoms with Crippen molar-refractivity contribution in [3.8, 4) is 0 Å². The zero-order valence-electron chi connectivity index (χ0n) is 25.5. The number of unbranched alkanes of at least 4 members (excludes halogenated alkanes) is 13. The Balaban J connectivity index is 2.43. The fourth-order valence-corrected chi connectivity index (χ4v) is 5.46. The molecule has 0 aromatic heterocycles. The van der Waals surface area contributed by atoms with Crippen LogP contribution in [0.4, 0.5) is 0 Å². The lowest BCUT2D eigenvalue weighted by Gasteiger charge is -2.29. The van der Waals surface area contributed by atoms with E-state index in [1.165, 1.54) is 70.6 Å². The number of carbonyl (C=O) groups excluding carboxylic acids is 2. The molecule has 0 saturated carbocycles. The van der Waals surface area contributed by atoms with Crippen LogP contribution in [-0.4, -0.2) is 71.6 Å². The van der Waals surface area contributed by atoms with E-state index in [1.807, 2.05) is 6.92 Å². The third-order valence-electron chi connectivity index (χ3n) is 7.94. The summed E-state index contributed by atoms with van der Waals surface area (Å²) in [6.07, 6.45) is 20.0. The van der Waals surface area contributed by atoms with Crippen molar-refractivity contribution < 1.29 is 29.3 Å². The third-order valence-corrected chi connectivity index (χ3v) is 7.94. The molecule has 0 radical (unpaired) electrons. The van der Waals surface area contributed by atoms with Crippen molar-refractivity contribution in [2.24, 2.45) is 5.92 Å². The van der Waals surface area contributed by atoms with Crippen LogP contribution in [0, 0.1) is 5.92 Å². The smallest absolute Gasteiger partial charge is 0.348 e. The Morgan fingerprint density at radius 2 is 1.18 bits per heavy atom. The van der Waals surface area contributed by atoms with Gasteiger partial charge in [-0.3, -0.25) is 4.90 Å². The molecule has 0 amide bonds. The van der Waals surface area contributed by atoms with Crippen molar-refractivity contribution >= 4 is 11.9 Å². The van der Waals surface area contributed by atoms with E-state index >= 15 is 0 Å². The Hall–Kier alpha value is -1.18. The topological polar surface area (TPSA) is 96.3 Å². The third kappa shape index (κ3) is 18.7. The summed E-state index contributed by atoms with van der Waals surface area (Å²) in [5, 5.41) is 21.5. The number of esters is 2. The number of hydrogen-bond acceptors (Lipinski definition) is 7. The van der Waals surface area contributed by atoms with Crippen molar-refractivity contribution in [1.82, 2.24) is 4.90 Å². The van der Waals surface area contributed by atoms with Gasteiger partial charge in [0.05, 0.1) is 12.2 Å². The normalized spacial score (nSPS) is 18.2. The Morgan fingerprint density at radius 1 is 0.718 bits per heavy atom. The molecule has 0 aliphatic carbocycles. The van der Waals surface area contributed by atoms with Gasteiger partial charge >= 0.3 is 11.9 Å². The summed E-state index contributed by atoms with van der Waals surface area (Å²) in [7, 11) is 0. The van der Waals surface area contributed by atoms with Gasteiger partial charge in [0.2, 0.25) is 6.10 Å². The average molecular weight is 556 g/mol. The molecule has 230 valence electrons. The maximum atomic E-state index is 12.0. The Kier molecular flexibility index (Phi) is 21.6. The molecule has 4 unspecified atom stereocenters.